The van der Waals surface area contributed by atoms with Crippen molar-refractivity contribution >= 4 is 17.5 Å². The lowest BCUT2D eigenvalue weighted by atomic mass is 10.2. The molecule has 1 atom stereocenters. The monoisotopic (exact) mass is 280 g/mol. The molecule has 1 unspecified atom stereocenters. The molecule has 1 aliphatic rings. The van der Waals surface area contributed by atoms with E-state index in [1.54, 1.807) is 0 Å². The first-order chi connectivity index (χ1) is 9.56. The maximum absolute atomic E-state index is 11.2. The minimum atomic E-state index is -1.04. The van der Waals surface area contributed by atoms with Crippen molar-refractivity contribution in [3.8, 4) is 0 Å². The van der Waals surface area contributed by atoms with Gasteiger partial charge in [0.15, 0.2) is 0 Å². The molecule has 2 heterocycles. The topological polar surface area (TPSA) is 101 Å². The molecule has 0 aromatic carbocycles. The van der Waals surface area contributed by atoms with Gasteiger partial charge >= 0.3 is 5.97 Å². The van der Waals surface area contributed by atoms with Crippen LogP contribution in [0.25, 0.3) is 0 Å². The Morgan fingerprint density at radius 3 is 2.95 bits per heavy atom. The largest absolute Gasteiger partial charge is 0.478 e. The van der Waals surface area contributed by atoms with E-state index in [-0.39, 0.29) is 11.6 Å². The third-order valence-corrected chi connectivity index (χ3v) is 3.16. The molecule has 1 aromatic rings. The highest BCUT2D eigenvalue weighted by molar-refractivity contribution is 5.94. The van der Waals surface area contributed by atoms with Crippen LogP contribution < -0.4 is 11.1 Å². The average Bonchev–Trinajstić information content (AvgIpc) is 2.41. The Labute approximate surface area is 117 Å². The normalized spacial score (nSPS) is 17.6. The Morgan fingerprint density at radius 1 is 1.60 bits per heavy atom. The molecule has 0 aliphatic carbocycles. The first-order valence-electron chi connectivity index (χ1n) is 6.61. The predicted octanol–water partition coefficient (Wildman–Crippen LogP) is 0.495. The molecule has 0 bridgehead atoms. The van der Waals surface area contributed by atoms with Crippen LogP contribution in [0.1, 0.15) is 17.3 Å². The molecule has 1 fully saturated rings. The van der Waals surface area contributed by atoms with Gasteiger partial charge in [-0.3, -0.25) is 4.90 Å². The van der Waals surface area contributed by atoms with E-state index >= 15 is 0 Å². The van der Waals surface area contributed by atoms with Crippen LogP contribution in [-0.2, 0) is 4.74 Å². The van der Waals surface area contributed by atoms with Crippen molar-refractivity contribution in [3.05, 3.63) is 17.8 Å². The number of morpholine rings is 1. The van der Waals surface area contributed by atoms with E-state index in [4.69, 9.17) is 15.6 Å². The highest BCUT2D eigenvalue weighted by Gasteiger charge is 2.17. The third kappa shape index (κ3) is 3.82. The third-order valence-electron chi connectivity index (χ3n) is 3.16. The molecule has 110 valence electrons. The number of anilines is 2. The van der Waals surface area contributed by atoms with E-state index in [2.05, 4.69) is 15.2 Å². The van der Waals surface area contributed by atoms with Gasteiger partial charge in [-0.05, 0) is 13.0 Å². The summed E-state index contributed by atoms with van der Waals surface area (Å²) in [6, 6.07) is 1.50. The second kappa shape index (κ2) is 6.53. The van der Waals surface area contributed by atoms with Crippen molar-refractivity contribution in [3.63, 3.8) is 0 Å². The number of carbonyl (C=O) groups is 1. The number of rotatable bonds is 5. The molecule has 0 radical (unpaired) electrons. The van der Waals surface area contributed by atoms with Crippen LogP contribution in [0.4, 0.5) is 11.5 Å². The van der Waals surface area contributed by atoms with Crippen molar-refractivity contribution in [2.24, 2.45) is 0 Å². The Hall–Kier alpha value is -1.86. The summed E-state index contributed by atoms with van der Waals surface area (Å²) in [5, 5.41) is 12.3. The molecule has 4 N–H and O–H groups in total. The molecule has 20 heavy (non-hydrogen) atoms. The van der Waals surface area contributed by atoms with E-state index in [1.807, 2.05) is 6.92 Å². The zero-order chi connectivity index (χ0) is 14.5. The van der Waals surface area contributed by atoms with Crippen molar-refractivity contribution in [1.29, 1.82) is 0 Å². The molecular formula is C13H20N4O3. The van der Waals surface area contributed by atoms with Gasteiger partial charge in [-0.1, -0.05) is 0 Å². The lowest BCUT2D eigenvalue weighted by molar-refractivity contribution is 0.0368. The summed E-state index contributed by atoms with van der Waals surface area (Å²) in [7, 11) is 0. The van der Waals surface area contributed by atoms with E-state index in [0.717, 1.165) is 32.8 Å². The summed E-state index contributed by atoms with van der Waals surface area (Å²) >= 11 is 0. The Balaban J connectivity index is 1.99. The number of nitrogen functional groups attached to an aromatic ring is 1. The molecule has 1 aliphatic heterocycles. The van der Waals surface area contributed by atoms with Gasteiger partial charge in [-0.2, -0.15) is 0 Å². The molecular weight excluding hydrogens is 260 g/mol. The molecule has 0 saturated carbocycles. The summed E-state index contributed by atoms with van der Waals surface area (Å²) in [6.07, 6.45) is 1.45. The SMILES string of the molecule is CC(CN1CCOCC1)Nc1ncc(N)cc1C(=O)O. The van der Waals surface area contributed by atoms with Crippen LogP contribution in [0, 0.1) is 0 Å². The number of hydrogen-bond acceptors (Lipinski definition) is 6. The number of aromatic carboxylic acids is 1. The van der Waals surface area contributed by atoms with Crippen molar-refractivity contribution in [1.82, 2.24) is 9.88 Å². The van der Waals surface area contributed by atoms with Gasteiger partial charge in [0.2, 0.25) is 0 Å². The van der Waals surface area contributed by atoms with Crippen LogP contribution in [0.2, 0.25) is 0 Å². The smallest absolute Gasteiger partial charge is 0.339 e. The lowest BCUT2D eigenvalue weighted by Crippen LogP contribution is -2.42. The number of ether oxygens (including phenoxy) is 1. The number of nitrogens with two attached hydrogens (primary N) is 1. The molecule has 7 heteroatoms. The first-order valence-corrected chi connectivity index (χ1v) is 6.61. The van der Waals surface area contributed by atoms with E-state index in [0.29, 0.717) is 11.5 Å². The maximum Gasteiger partial charge on any atom is 0.339 e. The second-order valence-corrected chi connectivity index (χ2v) is 4.93. The van der Waals surface area contributed by atoms with Gasteiger partial charge in [0.05, 0.1) is 25.1 Å². The number of carboxylic acids is 1. The van der Waals surface area contributed by atoms with Crippen molar-refractivity contribution in [2.45, 2.75) is 13.0 Å². The number of hydrogen-bond donors (Lipinski definition) is 3. The fourth-order valence-corrected chi connectivity index (χ4v) is 2.21. The highest BCUT2D eigenvalue weighted by Crippen LogP contribution is 2.16. The summed E-state index contributed by atoms with van der Waals surface area (Å²) in [6.45, 7) is 6.09. The summed E-state index contributed by atoms with van der Waals surface area (Å²) in [4.78, 5) is 17.5. The first kappa shape index (κ1) is 14.5. The van der Waals surface area contributed by atoms with Gasteiger partial charge in [0.1, 0.15) is 11.4 Å². The lowest BCUT2D eigenvalue weighted by Gasteiger charge is -2.29. The second-order valence-electron chi connectivity index (χ2n) is 4.93. The molecule has 2 rings (SSSR count). The van der Waals surface area contributed by atoms with Crippen LogP contribution in [-0.4, -0.2) is 59.8 Å². The minimum absolute atomic E-state index is 0.0855. The Bertz CT molecular complexity index is 475. The fraction of sp³-hybridized carbons (Fsp3) is 0.538. The summed E-state index contributed by atoms with van der Waals surface area (Å²) in [5.41, 5.74) is 6.01. The zero-order valence-electron chi connectivity index (χ0n) is 11.5. The highest BCUT2D eigenvalue weighted by atomic mass is 16.5. The number of nitrogens with zero attached hydrogens (tertiary/aromatic N) is 2. The standard InChI is InChI=1S/C13H20N4O3/c1-9(8-17-2-4-20-5-3-17)16-12-11(13(18)19)6-10(14)7-15-12/h6-7,9H,2-5,8,14H2,1H3,(H,15,16)(H,18,19). The fourth-order valence-electron chi connectivity index (χ4n) is 2.21. The minimum Gasteiger partial charge on any atom is -0.478 e. The van der Waals surface area contributed by atoms with Gasteiger partial charge in [0, 0.05) is 25.7 Å². The molecule has 7 nitrogen and oxygen atoms in total. The zero-order valence-corrected chi connectivity index (χ0v) is 11.5. The van der Waals surface area contributed by atoms with Crippen LogP contribution in [0.15, 0.2) is 12.3 Å². The molecule has 1 saturated heterocycles. The average molecular weight is 280 g/mol. The van der Waals surface area contributed by atoms with E-state index in [1.165, 1.54) is 12.3 Å². The van der Waals surface area contributed by atoms with Crippen LogP contribution in [0.5, 0.6) is 0 Å². The molecule has 0 amide bonds. The number of nitrogens with one attached hydrogen (secondary N) is 1. The quantitative estimate of drug-likeness (QED) is 0.721. The van der Waals surface area contributed by atoms with E-state index < -0.39 is 5.97 Å². The molecule has 0 spiro atoms. The number of carboxylic acid groups (broad SMARTS) is 1. The Kier molecular flexibility index (Phi) is 4.75. The van der Waals surface area contributed by atoms with Crippen LogP contribution in [0.3, 0.4) is 0 Å². The van der Waals surface area contributed by atoms with Gasteiger partial charge < -0.3 is 20.9 Å². The van der Waals surface area contributed by atoms with Crippen LogP contribution >= 0.6 is 0 Å². The molecule has 1 aromatic heterocycles. The van der Waals surface area contributed by atoms with Gasteiger partial charge in [0.25, 0.3) is 0 Å². The number of pyridine rings is 1. The maximum atomic E-state index is 11.2. The summed E-state index contributed by atoms with van der Waals surface area (Å²) in [5.74, 6) is -0.682. The van der Waals surface area contributed by atoms with Crippen molar-refractivity contribution < 1.29 is 14.6 Å². The van der Waals surface area contributed by atoms with Gasteiger partial charge in [-0.15, -0.1) is 0 Å². The summed E-state index contributed by atoms with van der Waals surface area (Å²) < 4.78 is 5.30. The number of aromatic nitrogens is 1. The predicted molar refractivity (Wildman–Crippen MR) is 76.0 cm³/mol. The van der Waals surface area contributed by atoms with Crippen molar-refractivity contribution in [2.75, 3.05) is 43.9 Å². The van der Waals surface area contributed by atoms with Gasteiger partial charge in [-0.25, -0.2) is 9.78 Å². The van der Waals surface area contributed by atoms with E-state index in [9.17, 15) is 4.79 Å². The Morgan fingerprint density at radius 2 is 2.30 bits per heavy atom.